The van der Waals surface area contributed by atoms with Gasteiger partial charge < -0.3 is 10.6 Å². The van der Waals surface area contributed by atoms with Crippen molar-refractivity contribution in [2.24, 2.45) is 16.6 Å². The van der Waals surface area contributed by atoms with Crippen molar-refractivity contribution in [2.75, 3.05) is 13.1 Å². The molecule has 1 unspecified atom stereocenters. The molecule has 3 N–H and O–H groups in total. The Labute approximate surface area is 98.4 Å². The molecule has 92 valence electrons. The number of carbonyl (C=O) groups excluding carboxylic acids is 1. The Hall–Kier alpha value is -0.570. The van der Waals surface area contributed by atoms with Gasteiger partial charge in [0.25, 0.3) is 0 Å². The van der Waals surface area contributed by atoms with Crippen molar-refractivity contribution in [1.29, 1.82) is 0 Å². The number of primary amides is 1. The highest BCUT2D eigenvalue weighted by Crippen LogP contribution is 2.47. The van der Waals surface area contributed by atoms with Gasteiger partial charge in [-0.2, -0.15) is 0 Å². The quantitative estimate of drug-likeness (QED) is 0.715. The van der Waals surface area contributed by atoms with Crippen LogP contribution in [-0.4, -0.2) is 25.0 Å². The van der Waals surface area contributed by atoms with Gasteiger partial charge in [-0.15, -0.1) is 0 Å². The summed E-state index contributed by atoms with van der Waals surface area (Å²) in [7, 11) is 0. The predicted molar refractivity (Wildman–Crippen MR) is 64.0 cm³/mol. The molecule has 3 heteroatoms. The normalized spacial score (nSPS) is 40.9. The molecule has 1 aliphatic carbocycles. The average Bonchev–Trinajstić information content (AvgIpc) is 2.31. The maximum atomic E-state index is 10.9. The molecule has 1 amide bonds. The third-order valence-electron chi connectivity index (χ3n) is 4.37. The molecule has 0 aromatic heterocycles. The van der Waals surface area contributed by atoms with E-state index in [1.807, 2.05) is 0 Å². The van der Waals surface area contributed by atoms with Crippen LogP contribution in [0.15, 0.2) is 0 Å². The third-order valence-corrected chi connectivity index (χ3v) is 4.37. The van der Waals surface area contributed by atoms with E-state index in [2.05, 4.69) is 20.8 Å². The number of hydrogen-bond donors (Lipinski definition) is 2. The smallest absolute Gasteiger partial charge is 0.223 e. The van der Waals surface area contributed by atoms with Crippen LogP contribution in [0.25, 0.3) is 0 Å². The van der Waals surface area contributed by atoms with Gasteiger partial charge in [-0.1, -0.05) is 20.8 Å². The second-order valence-electron chi connectivity index (χ2n) is 7.06. The fraction of sp³-hybridized carbons (Fsp3) is 0.923. The van der Waals surface area contributed by atoms with Crippen LogP contribution in [-0.2, 0) is 4.79 Å². The van der Waals surface area contributed by atoms with Crippen molar-refractivity contribution < 1.29 is 9.69 Å². The molecule has 2 fully saturated rings. The van der Waals surface area contributed by atoms with E-state index in [-0.39, 0.29) is 5.91 Å². The van der Waals surface area contributed by atoms with Gasteiger partial charge in [0.1, 0.15) is 0 Å². The Bertz CT molecular complexity index is 300. The van der Waals surface area contributed by atoms with Crippen LogP contribution in [0, 0.1) is 10.8 Å². The Morgan fingerprint density at radius 3 is 2.69 bits per heavy atom. The topological polar surface area (TPSA) is 47.5 Å². The number of likely N-dealkylation sites (tertiary alicyclic amines) is 1. The lowest BCUT2D eigenvalue weighted by Crippen LogP contribution is -3.14. The number of carbonyl (C=O) groups is 1. The van der Waals surface area contributed by atoms with E-state index < -0.39 is 0 Å². The van der Waals surface area contributed by atoms with Crippen molar-refractivity contribution >= 4 is 5.91 Å². The lowest BCUT2D eigenvalue weighted by Gasteiger charge is -2.37. The lowest BCUT2D eigenvalue weighted by atomic mass is 9.65. The van der Waals surface area contributed by atoms with Crippen molar-refractivity contribution in [1.82, 2.24) is 0 Å². The molecule has 2 aliphatic rings. The highest BCUT2D eigenvalue weighted by atomic mass is 16.1. The fourth-order valence-corrected chi connectivity index (χ4v) is 4.33. The molecular weight excluding hydrogens is 200 g/mol. The molecule has 2 bridgehead atoms. The molecule has 1 heterocycles. The van der Waals surface area contributed by atoms with Gasteiger partial charge in [-0.25, -0.2) is 0 Å². The fourth-order valence-electron chi connectivity index (χ4n) is 4.33. The van der Waals surface area contributed by atoms with Gasteiger partial charge >= 0.3 is 0 Å². The number of hydrogen-bond acceptors (Lipinski definition) is 1. The van der Waals surface area contributed by atoms with E-state index in [1.54, 1.807) is 4.90 Å². The van der Waals surface area contributed by atoms with Crippen LogP contribution in [0.1, 0.15) is 46.5 Å². The first-order valence-corrected chi connectivity index (χ1v) is 6.43. The number of amides is 1. The van der Waals surface area contributed by atoms with E-state index in [0.29, 0.717) is 17.3 Å². The van der Waals surface area contributed by atoms with E-state index in [9.17, 15) is 4.79 Å². The zero-order chi connectivity index (χ0) is 12.0. The number of fused-ring (bicyclic) bond motifs is 2. The largest absolute Gasteiger partial charge is 0.369 e. The van der Waals surface area contributed by atoms with Crippen molar-refractivity contribution in [3.63, 3.8) is 0 Å². The zero-order valence-corrected chi connectivity index (χ0v) is 10.8. The molecule has 1 aliphatic heterocycles. The summed E-state index contributed by atoms with van der Waals surface area (Å²) in [6.07, 6.45) is 4.51. The summed E-state index contributed by atoms with van der Waals surface area (Å²) in [5.74, 6) is -0.154. The first-order chi connectivity index (χ1) is 7.30. The Morgan fingerprint density at radius 1 is 1.38 bits per heavy atom. The summed E-state index contributed by atoms with van der Waals surface area (Å²) >= 11 is 0. The van der Waals surface area contributed by atoms with Gasteiger partial charge in [-0.3, -0.25) is 4.79 Å². The van der Waals surface area contributed by atoms with Crippen LogP contribution < -0.4 is 10.6 Å². The molecule has 1 saturated carbocycles. The molecule has 3 atom stereocenters. The maximum Gasteiger partial charge on any atom is 0.223 e. The van der Waals surface area contributed by atoms with Crippen molar-refractivity contribution in [3.8, 4) is 0 Å². The molecule has 0 aromatic carbocycles. The Balaban J connectivity index is 2.02. The lowest BCUT2D eigenvalue weighted by molar-refractivity contribution is -0.914. The monoisotopic (exact) mass is 225 g/mol. The predicted octanol–water partition coefficient (Wildman–Crippen LogP) is 0.345. The van der Waals surface area contributed by atoms with Crippen LogP contribution in [0.5, 0.6) is 0 Å². The van der Waals surface area contributed by atoms with Crippen molar-refractivity contribution in [2.45, 2.75) is 52.5 Å². The summed E-state index contributed by atoms with van der Waals surface area (Å²) in [5.41, 5.74) is 6.22. The molecule has 3 nitrogen and oxygen atoms in total. The van der Waals surface area contributed by atoms with E-state index in [0.717, 1.165) is 12.6 Å². The van der Waals surface area contributed by atoms with Gasteiger partial charge in [-0.05, 0) is 11.8 Å². The average molecular weight is 225 g/mol. The molecule has 0 spiro atoms. The first kappa shape index (κ1) is 11.9. The minimum absolute atomic E-state index is 0.154. The molecule has 16 heavy (non-hydrogen) atoms. The number of nitrogens with one attached hydrogen (secondary N) is 1. The molecule has 1 saturated heterocycles. The van der Waals surface area contributed by atoms with Gasteiger partial charge in [0.05, 0.1) is 25.6 Å². The third kappa shape index (κ3) is 2.40. The second kappa shape index (κ2) is 3.73. The number of rotatable bonds is 3. The van der Waals surface area contributed by atoms with Crippen LogP contribution in [0.2, 0.25) is 0 Å². The molecule has 2 rings (SSSR count). The highest BCUT2D eigenvalue weighted by Gasteiger charge is 2.52. The highest BCUT2D eigenvalue weighted by molar-refractivity contribution is 5.73. The Morgan fingerprint density at radius 2 is 2.06 bits per heavy atom. The number of nitrogens with two attached hydrogens (primary N) is 1. The second-order valence-corrected chi connectivity index (χ2v) is 7.06. The van der Waals surface area contributed by atoms with Crippen LogP contribution >= 0.6 is 0 Å². The first-order valence-electron chi connectivity index (χ1n) is 6.43. The minimum atomic E-state index is -0.154. The Kier molecular flexibility index (Phi) is 2.77. The standard InChI is InChI=1S/C13H24N2O/c1-12(2)6-10-7-13(3,8-12)9-15(10)5-4-11(14)16/h10H,4-9H2,1-3H3,(H2,14,16)/p+1/t10-,13+/m1/s1. The minimum Gasteiger partial charge on any atom is -0.369 e. The molecular formula is C13H25N2O+. The maximum absolute atomic E-state index is 10.9. The molecule has 0 radical (unpaired) electrons. The number of quaternary nitrogens is 1. The SMILES string of the molecule is CC1(C)C[C@@H]2C[C@](C)(C[NH+]2CCC(N)=O)C1. The van der Waals surface area contributed by atoms with E-state index in [4.69, 9.17) is 5.73 Å². The summed E-state index contributed by atoms with van der Waals surface area (Å²) in [4.78, 5) is 12.5. The molecule has 0 aromatic rings. The van der Waals surface area contributed by atoms with E-state index in [1.165, 1.54) is 25.8 Å². The van der Waals surface area contributed by atoms with E-state index >= 15 is 0 Å². The zero-order valence-electron chi connectivity index (χ0n) is 10.8. The van der Waals surface area contributed by atoms with Gasteiger partial charge in [0.15, 0.2) is 0 Å². The summed E-state index contributed by atoms with van der Waals surface area (Å²) in [6.45, 7) is 9.35. The van der Waals surface area contributed by atoms with Gasteiger partial charge in [0, 0.05) is 18.3 Å². The van der Waals surface area contributed by atoms with Crippen molar-refractivity contribution in [3.05, 3.63) is 0 Å². The van der Waals surface area contributed by atoms with Crippen LogP contribution in [0.4, 0.5) is 0 Å². The van der Waals surface area contributed by atoms with Crippen LogP contribution in [0.3, 0.4) is 0 Å². The summed E-state index contributed by atoms with van der Waals surface area (Å²) < 4.78 is 0. The van der Waals surface area contributed by atoms with Gasteiger partial charge in [0.2, 0.25) is 5.91 Å². The summed E-state index contributed by atoms with van der Waals surface area (Å²) in [5, 5.41) is 0. The summed E-state index contributed by atoms with van der Waals surface area (Å²) in [6, 6.07) is 0.757.